The highest BCUT2D eigenvalue weighted by Gasteiger charge is 2.13. The Morgan fingerprint density at radius 2 is 0.556 bits per heavy atom. The number of hydrogen-bond donors (Lipinski definition) is 0. The maximum Gasteiger partial charge on any atom is 0.171 e. The fourth-order valence-electron chi connectivity index (χ4n) is 8.04. The van der Waals surface area contributed by atoms with Gasteiger partial charge in [-0.1, -0.05) is 12.1 Å². The summed E-state index contributed by atoms with van der Waals surface area (Å²) in [6, 6.07) is 22.8. The van der Waals surface area contributed by atoms with Gasteiger partial charge in [0.25, 0.3) is 0 Å². The van der Waals surface area contributed by atoms with Crippen LogP contribution in [0, 0.1) is 27.7 Å². The van der Waals surface area contributed by atoms with Gasteiger partial charge in [0.2, 0.25) is 0 Å². The molecule has 54 heavy (non-hydrogen) atoms. The molecule has 0 aliphatic carbocycles. The molecule has 0 unspecified atom stereocenters. The zero-order valence-electron chi connectivity index (χ0n) is 34.3. The van der Waals surface area contributed by atoms with Crippen LogP contribution < -0.4 is 18.3 Å². The van der Waals surface area contributed by atoms with Crippen molar-refractivity contribution in [2.45, 2.75) is 157 Å². The van der Waals surface area contributed by atoms with Crippen molar-refractivity contribution in [1.82, 2.24) is 0 Å². The average molecular weight is 727 g/mol. The van der Waals surface area contributed by atoms with E-state index in [9.17, 15) is 0 Å². The molecule has 4 nitrogen and oxygen atoms in total. The molecule has 1 aromatic carbocycles. The van der Waals surface area contributed by atoms with Gasteiger partial charge in [0, 0.05) is 72.2 Å². The van der Waals surface area contributed by atoms with Gasteiger partial charge < -0.3 is 0 Å². The lowest BCUT2D eigenvalue weighted by Gasteiger charge is -2.17. The van der Waals surface area contributed by atoms with Crippen LogP contribution in [0.2, 0.25) is 0 Å². The lowest BCUT2D eigenvalue weighted by molar-refractivity contribution is -0.697. The van der Waals surface area contributed by atoms with Gasteiger partial charge in [0.1, 0.15) is 26.2 Å². The van der Waals surface area contributed by atoms with Gasteiger partial charge in [-0.15, -0.1) is 0 Å². The highest BCUT2D eigenvalue weighted by atomic mass is 14.9. The summed E-state index contributed by atoms with van der Waals surface area (Å²) >= 11 is 0. The molecular weight excluding hydrogens is 657 g/mol. The fraction of sp³-hybridized carbons (Fsp3) is 0.480. The molecule has 286 valence electrons. The van der Waals surface area contributed by atoms with E-state index in [1.165, 1.54) is 125 Å². The molecule has 0 fully saturated rings. The molecule has 5 aromatic rings. The molecule has 0 radical (unpaired) electrons. The Morgan fingerprint density at radius 1 is 0.315 bits per heavy atom. The first-order valence-electron chi connectivity index (χ1n) is 21.4. The van der Waals surface area contributed by atoms with Gasteiger partial charge in [0.05, 0.1) is 0 Å². The van der Waals surface area contributed by atoms with E-state index in [4.69, 9.17) is 0 Å². The van der Waals surface area contributed by atoms with Gasteiger partial charge in [-0.3, -0.25) is 0 Å². The summed E-state index contributed by atoms with van der Waals surface area (Å²) < 4.78 is 9.44. The second kappa shape index (κ2) is 22.9. The largest absolute Gasteiger partial charge is 0.205 e. The van der Waals surface area contributed by atoms with Crippen molar-refractivity contribution in [2.75, 3.05) is 0 Å². The molecule has 0 bridgehead atoms. The van der Waals surface area contributed by atoms with Crippen LogP contribution in [-0.2, 0) is 51.9 Å². The maximum atomic E-state index is 2.68. The Bertz CT molecular complexity index is 1580. The molecule has 4 heteroatoms. The van der Waals surface area contributed by atoms with Crippen LogP contribution in [0.1, 0.15) is 122 Å². The summed E-state index contributed by atoms with van der Waals surface area (Å²) in [5, 5.41) is 0. The second-order valence-electron chi connectivity index (χ2n) is 16.1. The molecule has 0 atom stereocenters. The normalized spacial score (nSPS) is 11.3. The van der Waals surface area contributed by atoms with E-state index in [0.717, 1.165) is 26.2 Å². The first kappa shape index (κ1) is 41.0. The van der Waals surface area contributed by atoms with Gasteiger partial charge in [0.15, 0.2) is 49.6 Å². The Hall–Kier alpha value is -4.18. The molecule has 0 spiro atoms. The van der Waals surface area contributed by atoms with Crippen LogP contribution >= 0.6 is 0 Å². The molecule has 0 saturated heterocycles. The monoisotopic (exact) mass is 727 g/mol. The zero-order chi connectivity index (χ0) is 37.8. The summed E-state index contributed by atoms with van der Waals surface area (Å²) in [5.74, 6) is 0. The van der Waals surface area contributed by atoms with Crippen molar-refractivity contribution in [2.24, 2.45) is 0 Å². The topological polar surface area (TPSA) is 15.5 Å². The van der Waals surface area contributed by atoms with Crippen LogP contribution in [0.3, 0.4) is 0 Å². The van der Waals surface area contributed by atoms with Crippen LogP contribution in [0.15, 0.2) is 110 Å². The fourth-order valence-corrected chi connectivity index (χ4v) is 8.04. The molecule has 0 saturated carbocycles. The van der Waals surface area contributed by atoms with Crippen LogP contribution in [0.5, 0.6) is 0 Å². The predicted molar refractivity (Wildman–Crippen MR) is 222 cm³/mol. The third-order valence-corrected chi connectivity index (χ3v) is 11.0. The number of pyridine rings is 4. The Morgan fingerprint density at radius 3 is 0.778 bits per heavy atom. The first-order chi connectivity index (χ1) is 26.4. The van der Waals surface area contributed by atoms with E-state index < -0.39 is 0 Å². The Kier molecular flexibility index (Phi) is 17.4. The highest BCUT2D eigenvalue weighted by molar-refractivity contribution is 5.39. The minimum atomic E-state index is 1.11. The van der Waals surface area contributed by atoms with Crippen molar-refractivity contribution < 1.29 is 18.3 Å². The van der Waals surface area contributed by atoms with Gasteiger partial charge in [-0.05, 0) is 151 Å². The van der Waals surface area contributed by atoms with Crippen molar-refractivity contribution in [3.63, 3.8) is 0 Å². The Labute approximate surface area is 328 Å². The molecular formula is C50H70N4+4. The van der Waals surface area contributed by atoms with Gasteiger partial charge in [-0.2, -0.15) is 0 Å². The third kappa shape index (κ3) is 14.9. The number of unbranched alkanes of at least 4 members (excludes halogenated alkanes) is 8. The lowest BCUT2D eigenvalue weighted by atomic mass is 9.88. The SMILES string of the molecule is Cc1ccc[n+](CCCCCc2cc(CCCCC[n+]3cccc(C)c3)c(CCCCC[n+]3cccc(C)c3)cc2CCCCC[n+]2cccc(C)c2)c1. The van der Waals surface area contributed by atoms with Gasteiger partial charge >= 0.3 is 0 Å². The summed E-state index contributed by atoms with van der Waals surface area (Å²) in [5.41, 5.74) is 11.9. The molecule has 0 aliphatic heterocycles. The van der Waals surface area contributed by atoms with E-state index in [2.05, 4.69) is 156 Å². The van der Waals surface area contributed by atoms with Crippen LogP contribution in [0.4, 0.5) is 0 Å². The van der Waals surface area contributed by atoms with Crippen molar-refractivity contribution in [1.29, 1.82) is 0 Å². The quantitative estimate of drug-likeness (QED) is 0.0445. The third-order valence-electron chi connectivity index (χ3n) is 11.0. The lowest BCUT2D eigenvalue weighted by Crippen LogP contribution is -2.32. The van der Waals surface area contributed by atoms with Gasteiger partial charge in [-0.25, -0.2) is 18.3 Å². The van der Waals surface area contributed by atoms with E-state index >= 15 is 0 Å². The van der Waals surface area contributed by atoms with E-state index in [-0.39, 0.29) is 0 Å². The number of aryl methyl sites for hydroxylation is 12. The van der Waals surface area contributed by atoms with E-state index in [0.29, 0.717) is 0 Å². The maximum absolute atomic E-state index is 2.68. The minimum absolute atomic E-state index is 1.11. The molecule has 4 heterocycles. The number of benzene rings is 1. The molecule has 0 N–H and O–H groups in total. The Balaban J connectivity index is 1.23. The standard InChI is InChI=1S/C50H70N4/c1-43-21-17-33-51(39-43)29-13-5-9-25-47-37-49(27-11-7-15-31-53-35-19-23-45(3)41-53)50(28-12-8-16-32-54-36-20-24-46(4)42-54)38-48(47)26-10-6-14-30-52-34-18-22-44(2)40-52/h17-24,33-42H,5-16,25-32H2,1-4H3/q+4. The average Bonchev–Trinajstić information content (AvgIpc) is 3.15. The summed E-state index contributed by atoms with van der Waals surface area (Å²) in [6.07, 6.45) is 38.0. The number of aromatic nitrogens is 4. The predicted octanol–water partition coefficient (Wildman–Crippen LogP) is 9.72. The first-order valence-corrected chi connectivity index (χ1v) is 21.4. The van der Waals surface area contributed by atoms with Crippen molar-refractivity contribution >= 4 is 0 Å². The molecule has 0 aliphatic rings. The zero-order valence-corrected chi connectivity index (χ0v) is 34.3. The number of rotatable bonds is 24. The number of hydrogen-bond acceptors (Lipinski definition) is 0. The smallest absolute Gasteiger partial charge is 0.171 e. The minimum Gasteiger partial charge on any atom is -0.205 e. The van der Waals surface area contributed by atoms with E-state index in [1.807, 2.05) is 0 Å². The van der Waals surface area contributed by atoms with Crippen LogP contribution in [0.25, 0.3) is 0 Å². The second-order valence-corrected chi connectivity index (χ2v) is 16.1. The van der Waals surface area contributed by atoms with Crippen molar-refractivity contribution in [3.05, 3.63) is 155 Å². The summed E-state index contributed by atoms with van der Waals surface area (Å²) in [7, 11) is 0. The highest BCUT2D eigenvalue weighted by Crippen LogP contribution is 2.25. The summed E-state index contributed by atoms with van der Waals surface area (Å²) in [4.78, 5) is 0. The van der Waals surface area contributed by atoms with Crippen molar-refractivity contribution in [3.8, 4) is 0 Å². The molecule has 0 amide bonds. The molecule has 5 rings (SSSR count). The van der Waals surface area contributed by atoms with Crippen LogP contribution in [-0.4, -0.2) is 0 Å². The van der Waals surface area contributed by atoms with E-state index in [1.54, 1.807) is 22.3 Å². The molecule has 4 aromatic heterocycles. The summed E-state index contributed by atoms with van der Waals surface area (Å²) in [6.45, 7) is 13.2. The number of nitrogens with zero attached hydrogens (tertiary/aromatic N) is 4.